The summed E-state index contributed by atoms with van der Waals surface area (Å²) in [5, 5.41) is 0. The summed E-state index contributed by atoms with van der Waals surface area (Å²) in [4.78, 5) is 12.2. The molecular formula is C18H27ClO2. The Balaban J connectivity index is 0.00000220. The largest absolute Gasteiger partial charge is 0.461 e. The molecule has 2 nitrogen and oxygen atoms in total. The second-order valence-electron chi connectivity index (χ2n) is 5.94. The lowest BCUT2D eigenvalue weighted by molar-refractivity contribution is -0.150. The Morgan fingerprint density at radius 1 is 1.19 bits per heavy atom. The smallest absolute Gasteiger partial charge is 0.309 e. The first-order valence-electron chi connectivity index (χ1n) is 8.00. The van der Waals surface area contributed by atoms with Crippen molar-refractivity contribution in [2.45, 2.75) is 58.5 Å². The van der Waals surface area contributed by atoms with Gasteiger partial charge >= 0.3 is 5.97 Å². The Morgan fingerprint density at radius 3 is 2.48 bits per heavy atom. The van der Waals surface area contributed by atoms with Crippen molar-refractivity contribution in [3.63, 3.8) is 0 Å². The third-order valence-corrected chi connectivity index (χ3v) is 4.39. The predicted molar refractivity (Wildman–Crippen MR) is 88.5 cm³/mol. The van der Waals surface area contributed by atoms with E-state index in [2.05, 4.69) is 6.92 Å². The van der Waals surface area contributed by atoms with Gasteiger partial charge < -0.3 is 4.74 Å². The second kappa shape index (κ2) is 9.83. The highest BCUT2D eigenvalue weighted by atomic mass is 35.5. The Morgan fingerprint density at radius 2 is 1.86 bits per heavy atom. The van der Waals surface area contributed by atoms with Crippen LogP contribution < -0.4 is 0 Å². The molecule has 0 amide bonds. The summed E-state index contributed by atoms with van der Waals surface area (Å²) in [7, 11) is 0. The number of carbonyl (C=O) groups is 1. The molecule has 0 aliphatic heterocycles. The SMILES string of the molecule is CCC(CC1CCCCC1)C(=O)OCc1ccccc1.Cl. The van der Waals surface area contributed by atoms with Crippen molar-refractivity contribution >= 4 is 18.4 Å². The van der Waals surface area contributed by atoms with Gasteiger partial charge in [-0.2, -0.15) is 0 Å². The van der Waals surface area contributed by atoms with Gasteiger partial charge in [0.15, 0.2) is 0 Å². The van der Waals surface area contributed by atoms with Crippen LogP contribution in [-0.4, -0.2) is 5.97 Å². The molecule has 1 aliphatic rings. The summed E-state index contributed by atoms with van der Waals surface area (Å²) >= 11 is 0. The minimum absolute atomic E-state index is 0. The molecule has 3 heteroatoms. The predicted octanol–water partition coefficient (Wildman–Crippen LogP) is 5.15. The molecule has 0 spiro atoms. The van der Waals surface area contributed by atoms with Gasteiger partial charge in [0, 0.05) is 0 Å². The minimum atomic E-state index is -0.0121. The Bertz CT molecular complexity index is 399. The maximum absolute atomic E-state index is 12.2. The van der Waals surface area contributed by atoms with Crippen molar-refractivity contribution in [3.8, 4) is 0 Å². The molecule has 1 unspecified atom stereocenters. The maximum atomic E-state index is 12.2. The molecule has 1 aromatic carbocycles. The van der Waals surface area contributed by atoms with Crippen LogP contribution in [0.3, 0.4) is 0 Å². The van der Waals surface area contributed by atoms with E-state index in [1.807, 2.05) is 30.3 Å². The van der Waals surface area contributed by atoms with Crippen molar-refractivity contribution < 1.29 is 9.53 Å². The van der Waals surface area contributed by atoms with Crippen LogP contribution >= 0.6 is 12.4 Å². The van der Waals surface area contributed by atoms with Crippen LogP contribution in [0.15, 0.2) is 30.3 Å². The van der Waals surface area contributed by atoms with E-state index in [0.29, 0.717) is 6.61 Å². The average molecular weight is 311 g/mol. The van der Waals surface area contributed by atoms with Crippen molar-refractivity contribution in [1.82, 2.24) is 0 Å². The van der Waals surface area contributed by atoms with Crippen molar-refractivity contribution in [1.29, 1.82) is 0 Å². The summed E-state index contributed by atoms with van der Waals surface area (Å²) in [5.74, 6) is 0.807. The van der Waals surface area contributed by atoms with E-state index in [1.54, 1.807) is 0 Å². The Labute approximate surface area is 134 Å². The standard InChI is InChI=1S/C18H26O2.ClH/c1-2-17(13-15-9-5-3-6-10-15)18(19)20-14-16-11-7-4-8-12-16;/h4,7-8,11-12,15,17H,2-3,5-6,9-10,13-14H2,1H3;1H. The van der Waals surface area contributed by atoms with Gasteiger partial charge in [-0.3, -0.25) is 4.79 Å². The number of carbonyl (C=O) groups excluding carboxylic acids is 1. The van der Waals surface area contributed by atoms with Gasteiger partial charge in [-0.25, -0.2) is 0 Å². The fourth-order valence-corrected chi connectivity index (χ4v) is 3.10. The number of rotatable bonds is 6. The minimum Gasteiger partial charge on any atom is -0.461 e. The first-order valence-corrected chi connectivity index (χ1v) is 8.00. The molecule has 0 N–H and O–H groups in total. The van der Waals surface area contributed by atoms with Crippen LogP contribution in [0.25, 0.3) is 0 Å². The molecule has 1 fully saturated rings. The molecule has 118 valence electrons. The summed E-state index contributed by atoms with van der Waals surface area (Å²) in [6.07, 6.45) is 8.53. The van der Waals surface area contributed by atoms with Crippen LogP contribution in [0, 0.1) is 11.8 Å². The molecule has 0 saturated heterocycles. The van der Waals surface area contributed by atoms with Gasteiger partial charge in [-0.15, -0.1) is 12.4 Å². The lowest BCUT2D eigenvalue weighted by Gasteiger charge is -2.25. The topological polar surface area (TPSA) is 26.3 Å². The van der Waals surface area contributed by atoms with Gasteiger partial charge in [0.1, 0.15) is 6.61 Å². The number of hydrogen-bond donors (Lipinski definition) is 0. The molecule has 1 aliphatic carbocycles. The van der Waals surface area contributed by atoms with Crippen LogP contribution in [0.2, 0.25) is 0 Å². The van der Waals surface area contributed by atoms with Crippen molar-refractivity contribution in [3.05, 3.63) is 35.9 Å². The van der Waals surface area contributed by atoms with E-state index < -0.39 is 0 Å². The first-order chi connectivity index (χ1) is 9.79. The van der Waals surface area contributed by atoms with E-state index >= 15 is 0 Å². The van der Waals surface area contributed by atoms with E-state index in [0.717, 1.165) is 24.3 Å². The summed E-state index contributed by atoms with van der Waals surface area (Å²) < 4.78 is 5.48. The van der Waals surface area contributed by atoms with Gasteiger partial charge in [0.25, 0.3) is 0 Å². The molecule has 1 atom stereocenters. The number of esters is 1. The molecule has 0 heterocycles. The van der Waals surface area contributed by atoms with E-state index in [9.17, 15) is 4.79 Å². The Hall–Kier alpha value is -1.02. The zero-order valence-electron chi connectivity index (χ0n) is 12.9. The van der Waals surface area contributed by atoms with Crippen molar-refractivity contribution in [2.24, 2.45) is 11.8 Å². The van der Waals surface area contributed by atoms with Gasteiger partial charge in [0.2, 0.25) is 0 Å². The number of halogens is 1. The van der Waals surface area contributed by atoms with Crippen LogP contribution in [0.4, 0.5) is 0 Å². The zero-order chi connectivity index (χ0) is 14.2. The lowest BCUT2D eigenvalue weighted by Crippen LogP contribution is -2.21. The zero-order valence-corrected chi connectivity index (χ0v) is 13.7. The molecule has 21 heavy (non-hydrogen) atoms. The summed E-state index contributed by atoms with van der Waals surface area (Å²) in [5.41, 5.74) is 1.06. The molecule has 1 aromatic rings. The highest BCUT2D eigenvalue weighted by Crippen LogP contribution is 2.30. The normalized spacial score (nSPS) is 16.8. The van der Waals surface area contributed by atoms with Crippen molar-refractivity contribution in [2.75, 3.05) is 0 Å². The highest BCUT2D eigenvalue weighted by Gasteiger charge is 2.24. The van der Waals surface area contributed by atoms with Gasteiger partial charge in [-0.1, -0.05) is 69.4 Å². The fourth-order valence-electron chi connectivity index (χ4n) is 3.10. The molecule has 0 aromatic heterocycles. The molecule has 2 rings (SSSR count). The highest BCUT2D eigenvalue weighted by molar-refractivity contribution is 5.85. The Kier molecular flexibility index (Phi) is 8.44. The monoisotopic (exact) mass is 310 g/mol. The third kappa shape index (κ3) is 6.09. The number of benzene rings is 1. The van der Waals surface area contributed by atoms with E-state index in [1.165, 1.54) is 32.1 Å². The van der Waals surface area contributed by atoms with Crippen LogP contribution in [0.1, 0.15) is 57.4 Å². The van der Waals surface area contributed by atoms with E-state index in [4.69, 9.17) is 4.74 Å². The molecule has 0 radical (unpaired) electrons. The molecule has 1 saturated carbocycles. The summed E-state index contributed by atoms with van der Waals surface area (Å²) in [6.45, 7) is 2.50. The van der Waals surface area contributed by atoms with Crippen LogP contribution in [-0.2, 0) is 16.1 Å². The van der Waals surface area contributed by atoms with E-state index in [-0.39, 0.29) is 24.3 Å². The molecular weight excluding hydrogens is 284 g/mol. The molecule has 0 bridgehead atoms. The summed E-state index contributed by atoms with van der Waals surface area (Å²) in [6, 6.07) is 9.92. The second-order valence-corrected chi connectivity index (χ2v) is 5.94. The van der Waals surface area contributed by atoms with Crippen LogP contribution in [0.5, 0.6) is 0 Å². The average Bonchev–Trinajstić information content (AvgIpc) is 2.52. The quantitative estimate of drug-likeness (QED) is 0.679. The number of ether oxygens (including phenoxy) is 1. The fraction of sp³-hybridized carbons (Fsp3) is 0.611. The third-order valence-electron chi connectivity index (χ3n) is 4.39. The first kappa shape index (κ1) is 18.0. The maximum Gasteiger partial charge on any atom is 0.309 e. The van der Waals surface area contributed by atoms with Gasteiger partial charge in [-0.05, 0) is 24.3 Å². The lowest BCUT2D eigenvalue weighted by atomic mass is 9.82. The number of hydrogen-bond acceptors (Lipinski definition) is 2. The van der Waals surface area contributed by atoms with Gasteiger partial charge in [0.05, 0.1) is 5.92 Å².